The van der Waals surface area contributed by atoms with Crippen LogP contribution in [0.15, 0.2) is 58.5 Å². The largest absolute Gasteiger partial charge is 0.493 e. The van der Waals surface area contributed by atoms with Gasteiger partial charge in [-0.15, -0.1) is 0 Å². The first-order chi connectivity index (χ1) is 16.6. The van der Waals surface area contributed by atoms with Gasteiger partial charge in [0.1, 0.15) is 5.75 Å². The summed E-state index contributed by atoms with van der Waals surface area (Å²) in [7, 11) is 0. The van der Waals surface area contributed by atoms with Crippen molar-refractivity contribution in [1.29, 1.82) is 0 Å². The van der Waals surface area contributed by atoms with E-state index in [0.717, 1.165) is 43.8 Å². The molecular formula is C26H32N4O3S. The third kappa shape index (κ3) is 5.62. The predicted molar refractivity (Wildman–Crippen MR) is 137 cm³/mol. The van der Waals surface area contributed by atoms with Gasteiger partial charge in [-0.2, -0.15) is 0 Å². The lowest BCUT2D eigenvalue weighted by atomic mass is 10.0. The summed E-state index contributed by atoms with van der Waals surface area (Å²) in [5, 5.41) is 4.33. The van der Waals surface area contributed by atoms with Gasteiger partial charge in [0.15, 0.2) is 5.16 Å². The van der Waals surface area contributed by atoms with E-state index in [-0.39, 0.29) is 23.3 Å². The Kier molecular flexibility index (Phi) is 8.24. The van der Waals surface area contributed by atoms with Crippen molar-refractivity contribution in [3.8, 4) is 5.75 Å². The summed E-state index contributed by atoms with van der Waals surface area (Å²) in [6.07, 6.45) is 1.58. The third-order valence-corrected chi connectivity index (χ3v) is 7.18. The van der Waals surface area contributed by atoms with Crippen LogP contribution >= 0.6 is 11.8 Å². The second-order valence-corrected chi connectivity index (χ2v) is 9.27. The van der Waals surface area contributed by atoms with Gasteiger partial charge in [0, 0.05) is 18.5 Å². The highest BCUT2D eigenvalue weighted by atomic mass is 32.2. The number of rotatable bonds is 10. The molecule has 1 atom stereocenters. The first-order valence-electron chi connectivity index (χ1n) is 12.0. The summed E-state index contributed by atoms with van der Waals surface area (Å²) in [6, 6.07) is 15.1. The molecule has 2 heterocycles. The quantitative estimate of drug-likeness (QED) is 0.351. The fraction of sp³-hybridized carbons (Fsp3) is 0.423. The van der Waals surface area contributed by atoms with E-state index in [9.17, 15) is 9.59 Å². The van der Waals surface area contributed by atoms with Gasteiger partial charge >= 0.3 is 0 Å². The van der Waals surface area contributed by atoms with Crippen LogP contribution in [-0.2, 0) is 11.3 Å². The molecule has 3 aromatic rings. The number of nitrogens with one attached hydrogen (secondary N) is 1. The van der Waals surface area contributed by atoms with E-state index in [4.69, 9.17) is 9.72 Å². The smallest absolute Gasteiger partial charge is 0.262 e. The van der Waals surface area contributed by atoms with E-state index >= 15 is 0 Å². The van der Waals surface area contributed by atoms with E-state index in [1.54, 1.807) is 4.57 Å². The summed E-state index contributed by atoms with van der Waals surface area (Å²) in [4.78, 5) is 33.2. The minimum atomic E-state index is -0.0798. The molecular weight excluding hydrogens is 448 g/mol. The number of nitrogens with zero attached hydrogens (tertiary/aromatic N) is 3. The molecule has 180 valence electrons. The Morgan fingerprint density at radius 1 is 1.18 bits per heavy atom. The summed E-state index contributed by atoms with van der Waals surface area (Å²) in [6.45, 7) is 8.32. The fourth-order valence-corrected chi connectivity index (χ4v) is 5.14. The van der Waals surface area contributed by atoms with Gasteiger partial charge in [-0.05, 0) is 44.3 Å². The molecule has 0 saturated heterocycles. The minimum Gasteiger partial charge on any atom is -0.493 e. The third-order valence-electron chi connectivity index (χ3n) is 6.20. The minimum absolute atomic E-state index is 0.0496. The van der Waals surface area contributed by atoms with Crippen molar-refractivity contribution in [2.24, 2.45) is 0 Å². The second kappa shape index (κ2) is 11.5. The van der Waals surface area contributed by atoms with Crippen molar-refractivity contribution in [3.05, 3.63) is 64.4 Å². The zero-order valence-corrected chi connectivity index (χ0v) is 20.6. The Balaban J connectivity index is 1.48. The Morgan fingerprint density at radius 3 is 2.76 bits per heavy atom. The summed E-state index contributed by atoms with van der Waals surface area (Å²) in [5.74, 6) is 0.939. The number of ether oxygens (including phenoxy) is 1. The Labute approximate surface area is 204 Å². The Bertz CT molecular complexity index is 1190. The predicted octanol–water partition coefficient (Wildman–Crippen LogP) is 3.86. The molecule has 0 bridgehead atoms. The molecule has 0 aliphatic carbocycles. The molecule has 0 fully saturated rings. The van der Waals surface area contributed by atoms with Crippen LogP contribution in [0.4, 0.5) is 0 Å². The maximum absolute atomic E-state index is 13.2. The van der Waals surface area contributed by atoms with E-state index in [1.165, 1.54) is 11.8 Å². The first-order valence-corrected chi connectivity index (χ1v) is 12.9. The molecule has 0 spiro atoms. The van der Waals surface area contributed by atoms with Crippen LogP contribution in [0.25, 0.3) is 10.9 Å². The molecule has 1 N–H and O–H groups in total. The average molecular weight is 481 g/mol. The number of hydrogen-bond acceptors (Lipinski definition) is 6. The molecule has 8 heteroatoms. The van der Waals surface area contributed by atoms with Crippen LogP contribution in [0.2, 0.25) is 0 Å². The number of para-hydroxylation sites is 2. The van der Waals surface area contributed by atoms with Crippen molar-refractivity contribution < 1.29 is 9.53 Å². The average Bonchev–Trinajstić information content (AvgIpc) is 2.87. The van der Waals surface area contributed by atoms with Crippen LogP contribution in [-0.4, -0.2) is 52.4 Å². The molecule has 1 aromatic heterocycles. The van der Waals surface area contributed by atoms with Crippen LogP contribution in [0.1, 0.15) is 38.3 Å². The van der Waals surface area contributed by atoms with Crippen molar-refractivity contribution in [2.75, 3.05) is 32.0 Å². The number of carbonyl (C=O) groups is 1. The lowest BCUT2D eigenvalue weighted by Gasteiger charge is -2.26. The molecule has 0 saturated carbocycles. The molecule has 4 rings (SSSR count). The van der Waals surface area contributed by atoms with Gasteiger partial charge in [-0.3, -0.25) is 14.2 Å². The van der Waals surface area contributed by atoms with Gasteiger partial charge in [0.05, 0.1) is 29.3 Å². The number of thioether (sulfide) groups is 1. The number of carbonyl (C=O) groups excluding carboxylic acids is 1. The first kappa shape index (κ1) is 24.3. The SMILES string of the molecule is CCN(CC)CCCn1c(SCC(=O)N[C@H]2CCOc3ccccc32)nc2ccccc2c1=O. The molecule has 1 amide bonds. The van der Waals surface area contributed by atoms with Gasteiger partial charge in [0.2, 0.25) is 5.91 Å². The van der Waals surface area contributed by atoms with E-state index < -0.39 is 0 Å². The summed E-state index contributed by atoms with van der Waals surface area (Å²) in [5.41, 5.74) is 1.62. The van der Waals surface area contributed by atoms with Crippen molar-refractivity contribution in [1.82, 2.24) is 19.8 Å². The zero-order chi connectivity index (χ0) is 23.9. The van der Waals surface area contributed by atoms with Gasteiger partial charge in [-0.25, -0.2) is 4.98 Å². The van der Waals surface area contributed by atoms with Gasteiger partial charge < -0.3 is 15.0 Å². The van der Waals surface area contributed by atoms with E-state index in [0.29, 0.717) is 29.2 Å². The molecule has 7 nitrogen and oxygen atoms in total. The Hall–Kier alpha value is -2.84. The Morgan fingerprint density at radius 2 is 1.94 bits per heavy atom. The number of benzene rings is 2. The van der Waals surface area contributed by atoms with Crippen LogP contribution in [0.5, 0.6) is 5.75 Å². The van der Waals surface area contributed by atoms with E-state index in [2.05, 4.69) is 24.1 Å². The van der Waals surface area contributed by atoms with Crippen molar-refractivity contribution >= 4 is 28.6 Å². The highest BCUT2D eigenvalue weighted by Crippen LogP contribution is 2.31. The lowest BCUT2D eigenvalue weighted by Crippen LogP contribution is -2.33. The molecule has 1 aliphatic heterocycles. The van der Waals surface area contributed by atoms with Crippen molar-refractivity contribution in [3.63, 3.8) is 0 Å². The lowest BCUT2D eigenvalue weighted by molar-refractivity contribution is -0.119. The van der Waals surface area contributed by atoms with Gasteiger partial charge in [-0.1, -0.05) is 55.9 Å². The van der Waals surface area contributed by atoms with Crippen LogP contribution in [0, 0.1) is 0 Å². The molecule has 1 aliphatic rings. The monoisotopic (exact) mass is 480 g/mol. The van der Waals surface area contributed by atoms with Crippen molar-refractivity contribution in [2.45, 2.75) is 44.4 Å². The summed E-state index contributed by atoms with van der Waals surface area (Å²) < 4.78 is 7.43. The van der Waals surface area contributed by atoms with Gasteiger partial charge in [0.25, 0.3) is 5.56 Å². The maximum Gasteiger partial charge on any atom is 0.262 e. The van der Waals surface area contributed by atoms with Crippen LogP contribution in [0.3, 0.4) is 0 Å². The number of fused-ring (bicyclic) bond motifs is 2. The topological polar surface area (TPSA) is 76.5 Å². The fourth-order valence-electron chi connectivity index (χ4n) is 4.31. The number of hydrogen-bond donors (Lipinski definition) is 1. The zero-order valence-electron chi connectivity index (χ0n) is 19.8. The molecule has 0 unspecified atom stereocenters. The highest BCUT2D eigenvalue weighted by Gasteiger charge is 2.23. The van der Waals surface area contributed by atoms with Crippen LogP contribution < -0.4 is 15.6 Å². The summed E-state index contributed by atoms with van der Waals surface area (Å²) >= 11 is 1.32. The highest BCUT2D eigenvalue weighted by molar-refractivity contribution is 7.99. The molecule has 34 heavy (non-hydrogen) atoms. The maximum atomic E-state index is 13.2. The van der Waals surface area contributed by atoms with E-state index in [1.807, 2.05) is 48.5 Å². The normalized spacial score (nSPS) is 15.2. The number of amides is 1. The molecule has 0 radical (unpaired) electrons. The standard InChI is InChI=1S/C26H32N4O3S/c1-3-29(4-2)15-9-16-30-25(32)20-11-5-7-12-21(20)28-26(30)34-18-24(31)27-22-14-17-33-23-13-8-6-10-19(22)23/h5-8,10-13,22H,3-4,9,14-18H2,1-2H3,(H,27,31)/t22-/m0/s1. The second-order valence-electron chi connectivity index (χ2n) is 8.33. The number of aromatic nitrogens is 2. The molecule has 2 aromatic carbocycles.